The molecule has 0 radical (unpaired) electrons. The number of ether oxygens (including phenoxy) is 1. The van der Waals surface area contributed by atoms with Crippen LogP contribution in [-0.4, -0.2) is 53.6 Å². The van der Waals surface area contributed by atoms with E-state index < -0.39 is 0 Å². The van der Waals surface area contributed by atoms with Crippen LogP contribution in [-0.2, 0) is 24.1 Å². The standard InChI is InChI=1S/C22H40N6O.HI/c1-22(2,3)20-17(10-9-15-29-20)16-25-21(23-4)24-13-8-12-19-27-26-18-11-6-5-7-14-28(18)19;/h17,20H,5-16H2,1-4H3,(H2,23,24,25);1H. The lowest BCUT2D eigenvalue weighted by Crippen LogP contribution is -2.47. The predicted octanol–water partition coefficient (Wildman–Crippen LogP) is 3.56. The molecule has 0 aliphatic carbocycles. The summed E-state index contributed by atoms with van der Waals surface area (Å²) in [5, 5.41) is 15.8. The third-order valence-corrected chi connectivity index (χ3v) is 6.11. The molecule has 30 heavy (non-hydrogen) atoms. The van der Waals surface area contributed by atoms with Crippen LogP contribution in [0.4, 0.5) is 0 Å². The zero-order valence-electron chi connectivity index (χ0n) is 19.2. The molecule has 0 bridgehead atoms. The summed E-state index contributed by atoms with van der Waals surface area (Å²) in [7, 11) is 1.84. The second-order valence-electron chi connectivity index (χ2n) is 9.54. The first-order chi connectivity index (χ1) is 14.0. The van der Waals surface area contributed by atoms with Crippen molar-refractivity contribution in [3.63, 3.8) is 0 Å². The maximum absolute atomic E-state index is 6.10. The van der Waals surface area contributed by atoms with Crippen LogP contribution in [0.15, 0.2) is 4.99 Å². The molecule has 0 aromatic carbocycles. The largest absolute Gasteiger partial charge is 0.377 e. The fraction of sp³-hybridized carbons (Fsp3) is 0.864. The van der Waals surface area contributed by atoms with E-state index in [2.05, 4.69) is 51.2 Å². The maximum atomic E-state index is 6.10. The summed E-state index contributed by atoms with van der Waals surface area (Å²) >= 11 is 0. The predicted molar refractivity (Wildman–Crippen MR) is 133 cm³/mol. The van der Waals surface area contributed by atoms with E-state index in [9.17, 15) is 0 Å². The number of hydrogen-bond donors (Lipinski definition) is 2. The number of fused-ring (bicyclic) bond motifs is 1. The summed E-state index contributed by atoms with van der Waals surface area (Å²) in [6.45, 7) is 10.6. The Morgan fingerprint density at radius 3 is 2.77 bits per heavy atom. The van der Waals surface area contributed by atoms with E-state index in [1.54, 1.807) is 0 Å². The highest BCUT2D eigenvalue weighted by Gasteiger charge is 2.35. The van der Waals surface area contributed by atoms with E-state index in [1.807, 2.05) is 7.05 Å². The van der Waals surface area contributed by atoms with Gasteiger partial charge in [-0.05, 0) is 37.5 Å². The molecule has 3 rings (SSSR count). The van der Waals surface area contributed by atoms with Gasteiger partial charge in [0.15, 0.2) is 5.96 Å². The second kappa shape index (κ2) is 12.2. The Labute approximate surface area is 199 Å². The van der Waals surface area contributed by atoms with Gasteiger partial charge < -0.3 is 19.9 Å². The van der Waals surface area contributed by atoms with Gasteiger partial charge in [-0.3, -0.25) is 4.99 Å². The summed E-state index contributed by atoms with van der Waals surface area (Å²) in [6.07, 6.45) is 9.49. The van der Waals surface area contributed by atoms with E-state index >= 15 is 0 Å². The molecule has 0 saturated carbocycles. The Morgan fingerprint density at radius 1 is 1.17 bits per heavy atom. The zero-order valence-corrected chi connectivity index (χ0v) is 21.6. The van der Waals surface area contributed by atoms with Crippen molar-refractivity contribution in [3.05, 3.63) is 11.6 Å². The first kappa shape index (κ1) is 25.4. The van der Waals surface area contributed by atoms with Crippen molar-refractivity contribution in [2.75, 3.05) is 26.7 Å². The maximum Gasteiger partial charge on any atom is 0.190 e. The second-order valence-corrected chi connectivity index (χ2v) is 9.54. The van der Waals surface area contributed by atoms with Crippen molar-refractivity contribution in [2.45, 2.75) is 84.8 Å². The van der Waals surface area contributed by atoms with Crippen molar-refractivity contribution >= 4 is 29.9 Å². The van der Waals surface area contributed by atoms with Gasteiger partial charge in [0.2, 0.25) is 0 Å². The topological polar surface area (TPSA) is 76.4 Å². The highest BCUT2D eigenvalue weighted by molar-refractivity contribution is 14.0. The molecule has 1 aromatic heterocycles. The molecule has 1 aromatic rings. The summed E-state index contributed by atoms with van der Waals surface area (Å²) < 4.78 is 8.44. The molecule has 2 aliphatic rings. The summed E-state index contributed by atoms with van der Waals surface area (Å²) in [5.74, 6) is 3.71. The number of aromatic nitrogens is 3. The molecule has 1 fully saturated rings. The van der Waals surface area contributed by atoms with Crippen molar-refractivity contribution in [1.82, 2.24) is 25.4 Å². The normalized spacial score (nSPS) is 22.6. The van der Waals surface area contributed by atoms with Gasteiger partial charge in [0.25, 0.3) is 0 Å². The van der Waals surface area contributed by atoms with E-state index in [-0.39, 0.29) is 29.4 Å². The van der Waals surface area contributed by atoms with E-state index in [1.165, 1.54) is 31.5 Å². The molecule has 172 valence electrons. The van der Waals surface area contributed by atoms with Gasteiger partial charge in [0, 0.05) is 52.0 Å². The highest BCUT2D eigenvalue weighted by Crippen LogP contribution is 2.33. The summed E-state index contributed by atoms with van der Waals surface area (Å²) in [5.41, 5.74) is 0.167. The highest BCUT2D eigenvalue weighted by atomic mass is 127. The Balaban J connectivity index is 0.00000320. The van der Waals surface area contributed by atoms with Crippen LogP contribution < -0.4 is 10.6 Å². The minimum atomic E-state index is 0. The molecule has 1 saturated heterocycles. The lowest BCUT2D eigenvalue weighted by atomic mass is 9.78. The SMILES string of the molecule is CN=C(NCCCc1nnc2n1CCCCC2)NCC1CCCOC1C(C)(C)C.I. The number of nitrogens with one attached hydrogen (secondary N) is 2. The van der Waals surface area contributed by atoms with Crippen molar-refractivity contribution in [2.24, 2.45) is 16.3 Å². The molecule has 8 heteroatoms. The number of guanidine groups is 1. The summed E-state index contributed by atoms with van der Waals surface area (Å²) in [4.78, 5) is 4.40. The van der Waals surface area contributed by atoms with Crippen LogP contribution >= 0.6 is 24.0 Å². The Bertz CT molecular complexity index is 669. The van der Waals surface area contributed by atoms with Gasteiger partial charge in [0.1, 0.15) is 11.6 Å². The molecule has 0 spiro atoms. The molecule has 3 heterocycles. The first-order valence-electron chi connectivity index (χ1n) is 11.5. The molecular formula is C22H41IN6O. The number of nitrogens with zero attached hydrogens (tertiary/aromatic N) is 4. The fourth-order valence-electron chi connectivity index (χ4n) is 4.64. The number of aliphatic imine (C=N–C) groups is 1. The van der Waals surface area contributed by atoms with Gasteiger partial charge >= 0.3 is 0 Å². The molecule has 2 unspecified atom stereocenters. The lowest BCUT2D eigenvalue weighted by molar-refractivity contribution is -0.0835. The average Bonchev–Trinajstić information content (AvgIpc) is 2.93. The molecule has 2 N–H and O–H groups in total. The van der Waals surface area contributed by atoms with Crippen LogP contribution in [0, 0.1) is 11.3 Å². The first-order valence-corrected chi connectivity index (χ1v) is 11.5. The van der Waals surface area contributed by atoms with Gasteiger partial charge in [-0.15, -0.1) is 34.2 Å². The van der Waals surface area contributed by atoms with Gasteiger partial charge in [-0.1, -0.05) is 27.2 Å². The number of hydrogen-bond acceptors (Lipinski definition) is 4. The number of rotatable bonds is 6. The molecule has 2 atom stereocenters. The van der Waals surface area contributed by atoms with Crippen LogP contribution in [0.25, 0.3) is 0 Å². The van der Waals surface area contributed by atoms with Gasteiger partial charge in [0.05, 0.1) is 6.10 Å². The minimum absolute atomic E-state index is 0. The average molecular weight is 533 g/mol. The quantitative estimate of drug-likeness (QED) is 0.254. The van der Waals surface area contributed by atoms with Gasteiger partial charge in [-0.25, -0.2) is 0 Å². The smallest absolute Gasteiger partial charge is 0.190 e. The third kappa shape index (κ3) is 7.07. The number of aryl methyl sites for hydroxylation is 2. The van der Waals surface area contributed by atoms with Crippen molar-refractivity contribution < 1.29 is 4.74 Å². The lowest BCUT2D eigenvalue weighted by Gasteiger charge is -2.40. The van der Waals surface area contributed by atoms with Crippen LogP contribution in [0.3, 0.4) is 0 Å². The van der Waals surface area contributed by atoms with Crippen molar-refractivity contribution in [1.29, 1.82) is 0 Å². The number of halogens is 1. The third-order valence-electron chi connectivity index (χ3n) is 6.11. The molecular weight excluding hydrogens is 491 g/mol. The minimum Gasteiger partial charge on any atom is -0.377 e. The Hall–Kier alpha value is -0.900. The summed E-state index contributed by atoms with van der Waals surface area (Å²) in [6, 6.07) is 0. The van der Waals surface area contributed by atoms with Crippen molar-refractivity contribution in [3.8, 4) is 0 Å². The fourth-order valence-corrected chi connectivity index (χ4v) is 4.64. The van der Waals surface area contributed by atoms with E-state index in [4.69, 9.17) is 4.74 Å². The van der Waals surface area contributed by atoms with Crippen LogP contribution in [0.1, 0.15) is 70.9 Å². The van der Waals surface area contributed by atoms with Crippen LogP contribution in [0.5, 0.6) is 0 Å². The Morgan fingerprint density at radius 2 is 2.00 bits per heavy atom. The van der Waals surface area contributed by atoms with Crippen LogP contribution in [0.2, 0.25) is 0 Å². The van der Waals surface area contributed by atoms with E-state index in [0.717, 1.165) is 63.7 Å². The molecule has 7 nitrogen and oxygen atoms in total. The molecule has 2 aliphatic heterocycles. The Kier molecular flexibility index (Phi) is 10.3. The van der Waals surface area contributed by atoms with E-state index in [0.29, 0.717) is 12.0 Å². The monoisotopic (exact) mass is 532 g/mol. The molecule has 0 amide bonds. The van der Waals surface area contributed by atoms with Gasteiger partial charge in [-0.2, -0.15) is 0 Å². The zero-order chi connectivity index (χ0) is 20.7.